The number of hydrogen-bond acceptors (Lipinski definition) is 3. The molecule has 0 saturated carbocycles. The van der Waals surface area contributed by atoms with Crippen LogP contribution in [0.15, 0.2) is 30.5 Å². The fourth-order valence-corrected chi connectivity index (χ4v) is 3.37. The Kier molecular flexibility index (Phi) is 4.76. The summed E-state index contributed by atoms with van der Waals surface area (Å²) in [5.74, 6) is 1.22. The van der Waals surface area contributed by atoms with Crippen LogP contribution in [0.1, 0.15) is 41.4 Å². The number of carbonyl (C=O) groups is 1. The van der Waals surface area contributed by atoms with E-state index in [4.69, 9.17) is 0 Å². The van der Waals surface area contributed by atoms with Crippen LogP contribution in [0, 0.1) is 6.92 Å². The number of amides is 1. The van der Waals surface area contributed by atoms with E-state index in [0.29, 0.717) is 25.4 Å². The van der Waals surface area contributed by atoms with Crippen molar-refractivity contribution in [1.82, 2.24) is 14.9 Å². The molecule has 0 aliphatic heterocycles. The topological polar surface area (TPSA) is 69.2 Å². The highest BCUT2D eigenvalue weighted by atomic mass is 16.3. The molecule has 1 aromatic carbocycles. The third kappa shape index (κ3) is 3.62. The zero-order valence-electron chi connectivity index (χ0n) is 13.5. The predicted molar refractivity (Wildman–Crippen MR) is 87.9 cm³/mol. The number of benzene rings is 1. The van der Waals surface area contributed by atoms with Crippen LogP contribution >= 0.6 is 0 Å². The van der Waals surface area contributed by atoms with Crippen LogP contribution in [0.3, 0.4) is 0 Å². The Morgan fingerprint density at radius 2 is 2.26 bits per heavy atom. The van der Waals surface area contributed by atoms with Crippen molar-refractivity contribution in [3.8, 4) is 0 Å². The van der Waals surface area contributed by atoms with E-state index in [0.717, 1.165) is 24.4 Å². The summed E-state index contributed by atoms with van der Waals surface area (Å²) in [7, 11) is 0. The number of imidazole rings is 1. The minimum Gasteiger partial charge on any atom is -0.395 e. The van der Waals surface area contributed by atoms with Crippen LogP contribution in [-0.4, -0.2) is 39.0 Å². The molecule has 23 heavy (non-hydrogen) atoms. The molecule has 122 valence electrons. The SMILES string of the molecule is Cc1ncc(CN(CCO)C(=O)CC2CCc3ccccc32)[nH]1. The van der Waals surface area contributed by atoms with Gasteiger partial charge in [0.15, 0.2) is 0 Å². The van der Waals surface area contributed by atoms with Crippen molar-refractivity contribution in [2.24, 2.45) is 0 Å². The van der Waals surface area contributed by atoms with E-state index in [1.807, 2.05) is 13.0 Å². The van der Waals surface area contributed by atoms with Gasteiger partial charge in [0.2, 0.25) is 5.91 Å². The standard InChI is InChI=1S/C18H23N3O2/c1-13-19-11-16(20-13)12-21(8-9-22)18(23)10-15-7-6-14-4-2-3-5-17(14)15/h2-5,11,15,22H,6-10,12H2,1H3,(H,19,20). The van der Waals surface area contributed by atoms with Crippen molar-refractivity contribution in [1.29, 1.82) is 0 Å². The maximum absolute atomic E-state index is 12.7. The summed E-state index contributed by atoms with van der Waals surface area (Å²) < 4.78 is 0. The smallest absolute Gasteiger partial charge is 0.223 e. The zero-order valence-corrected chi connectivity index (χ0v) is 13.5. The Morgan fingerprint density at radius 1 is 1.43 bits per heavy atom. The number of fused-ring (bicyclic) bond motifs is 1. The molecule has 1 aliphatic carbocycles. The first-order valence-electron chi connectivity index (χ1n) is 8.14. The molecule has 0 fully saturated rings. The number of aliphatic hydroxyl groups is 1. The summed E-state index contributed by atoms with van der Waals surface area (Å²) in [6, 6.07) is 8.38. The maximum atomic E-state index is 12.7. The van der Waals surface area contributed by atoms with Gasteiger partial charge >= 0.3 is 0 Å². The minimum atomic E-state index is -0.0277. The molecule has 1 aliphatic rings. The monoisotopic (exact) mass is 313 g/mol. The van der Waals surface area contributed by atoms with Gasteiger partial charge in [-0.3, -0.25) is 4.79 Å². The lowest BCUT2D eigenvalue weighted by Crippen LogP contribution is -2.34. The average molecular weight is 313 g/mol. The van der Waals surface area contributed by atoms with Crippen molar-refractivity contribution in [3.05, 3.63) is 53.1 Å². The molecule has 1 atom stereocenters. The lowest BCUT2D eigenvalue weighted by Gasteiger charge is -2.23. The molecule has 1 unspecified atom stereocenters. The highest BCUT2D eigenvalue weighted by Crippen LogP contribution is 2.35. The number of aliphatic hydroxyl groups excluding tert-OH is 1. The van der Waals surface area contributed by atoms with E-state index in [1.165, 1.54) is 11.1 Å². The van der Waals surface area contributed by atoms with Gasteiger partial charge in [0.25, 0.3) is 0 Å². The molecule has 0 spiro atoms. The maximum Gasteiger partial charge on any atom is 0.223 e. The molecule has 3 rings (SSSR count). The van der Waals surface area contributed by atoms with Gasteiger partial charge < -0.3 is 15.0 Å². The quantitative estimate of drug-likeness (QED) is 0.858. The Balaban J connectivity index is 1.67. The number of nitrogens with one attached hydrogen (secondary N) is 1. The molecule has 0 radical (unpaired) electrons. The number of H-pyrrole nitrogens is 1. The lowest BCUT2D eigenvalue weighted by atomic mass is 9.97. The van der Waals surface area contributed by atoms with E-state index < -0.39 is 0 Å². The number of rotatable bonds is 6. The Labute approximate surface area is 136 Å². The fraction of sp³-hybridized carbons (Fsp3) is 0.444. The van der Waals surface area contributed by atoms with Crippen molar-refractivity contribution >= 4 is 5.91 Å². The Hall–Kier alpha value is -2.14. The van der Waals surface area contributed by atoms with Crippen molar-refractivity contribution in [2.45, 2.75) is 38.6 Å². The summed E-state index contributed by atoms with van der Waals surface area (Å²) in [4.78, 5) is 21.7. The van der Waals surface area contributed by atoms with Gasteiger partial charge in [-0.15, -0.1) is 0 Å². The molecular formula is C18H23N3O2. The lowest BCUT2D eigenvalue weighted by molar-refractivity contribution is -0.132. The van der Waals surface area contributed by atoms with Gasteiger partial charge in [0.1, 0.15) is 5.82 Å². The molecule has 1 heterocycles. The van der Waals surface area contributed by atoms with Crippen molar-refractivity contribution in [2.75, 3.05) is 13.2 Å². The van der Waals surface area contributed by atoms with Gasteiger partial charge in [0, 0.05) is 13.0 Å². The van der Waals surface area contributed by atoms with Crippen molar-refractivity contribution < 1.29 is 9.90 Å². The highest BCUT2D eigenvalue weighted by molar-refractivity contribution is 5.77. The van der Waals surface area contributed by atoms with Crippen LogP contribution in [0.5, 0.6) is 0 Å². The Morgan fingerprint density at radius 3 is 3.00 bits per heavy atom. The second kappa shape index (κ2) is 6.96. The molecule has 5 heteroatoms. The number of aromatic amines is 1. The summed E-state index contributed by atoms with van der Waals surface area (Å²) in [5, 5.41) is 9.27. The van der Waals surface area contributed by atoms with E-state index in [-0.39, 0.29) is 12.5 Å². The van der Waals surface area contributed by atoms with Crippen molar-refractivity contribution in [3.63, 3.8) is 0 Å². The summed E-state index contributed by atoms with van der Waals surface area (Å²) >= 11 is 0. The van der Waals surface area contributed by atoms with E-state index in [2.05, 4.69) is 28.2 Å². The van der Waals surface area contributed by atoms with Crippen LogP contribution < -0.4 is 0 Å². The van der Waals surface area contributed by atoms with Gasteiger partial charge in [-0.05, 0) is 36.8 Å². The van der Waals surface area contributed by atoms with E-state index in [1.54, 1.807) is 11.1 Å². The molecule has 1 amide bonds. The molecular weight excluding hydrogens is 290 g/mol. The molecule has 5 nitrogen and oxygen atoms in total. The van der Waals surface area contributed by atoms with Gasteiger partial charge in [-0.1, -0.05) is 24.3 Å². The normalized spacial score (nSPS) is 16.3. The van der Waals surface area contributed by atoms with E-state index in [9.17, 15) is 9.90 Å². The summed E-state index contributed by atoms with van der Waals surface area (Å²) in [5.41, 5.74) is 3.57. The zero-order chi connectivity index (χ0) is 16.2. The third-order valence-electron chi connectivity index (χ3n) is 4.52. The largest absolute Gasteiger partial charge is 0.395 e. The number of nitrogens with zero attached hydrogens (tertiary/aromatic N) is 2. The predicted octanol–water partition coefficient (Wildman–Crippen LogP) is 2.16. The van der Waals surface area contributed by atoms with Crippen LogP contribution in [0.2, 0.25) is 0 Å². The number of carbonyl (C=O) groups excluding carboxylic acids is 1. The molecule has 2 aromatic rings. The van der Waals surface area contributed by atoms with E-state index >= 15 is 0 Å². The third-order valence-corrected chi connectivity index (χ3v) is 4.52. The number of aryl methyl sites for hydroxylation is 2. The summed E-state index contributed by atoms with van der Waals surface area (Å²) in [6.07, 6.45) is 4.33. The second-order valence-electron chi connectivity index (χ2n) is 6.17. The van der Waals surface area contributed by atoms with Crippen LogP contribution in [0.25, 0.3) is 0 Å². The first-order chi connectivity index (χ1) is 11.2. The Bertz CT molecular complexity index is 680. The van der Waals surface area contributed by atoms with Gasteiger partial charge in [-0.25, -0.2) is 4.98 Å². The molecule has 0 saturated heterocycles. The summed E-state index contributed by atoms with van der Waals surface area (Å²) in [6.45, 7) is 2.68. The minimum absolute atomic E-state index is 0.0277. The molecule has 0 bridgehead atoms. The first kappa shape index (κ1) is 15.7. The molecule has 2 N–H and O–H groups in total. The first-order valence-corrected chi connectivity index (χ1v) is 8.14. The number of aromatic nitrogens is 2. The second-order valence-corrected chi connectivity index (χ2v) is 6.17. The van der Waals surface area contributed by atoms with Gasteiger partial charge in [0.05, 0.1) is 25.0 Å². The van der Waals surface area contributed by atoms with Crippen LogP contribution in [0.4, 0.5) is 0 Å². The van der Waals surface area contributed by atoms with Gasteiger partial charge in [-0.2, -0.15) is 0 Å². The fourth-order valence-electron chi connectivity index (χ4n) is 3.37. The average Bonchev–Trinajstić information content (AvgIpc) is 3.14. The molecule has 1 aromatic heterocycles. The van der Waals surface area contributed by atoms with Crippen LogP contribution in [-0.2, 0) is 17.8 Å². The highest BCUT2D eigenvalue weighted by Gasteiger charge is 2.26. The number of hydrogen-bond donors (Lipinski definition) is 2.